The molecule has 21 heavy (non-hydrogen) atoms. The number of hydrogen-bond donors (Lipinski definition) is 1. The fourth-order valence-electron chi connectivity index (χ4n) is 3.35. The molecule has 3 rings (SSSR count). The van der Waals surface area contributed by atoms with Gasteiger partial charge >= 0.3 is 0 Å². The third-order valence-corrected chi connectivity index (χ3v) is 4.66. The Bertz CT molecular complexity index is 586. The van der Waals surface area contributed by atoms with Gasteiger partial charge in [-0.3, -0.25) is 0 Å². The molecule has 0 saturated heterocycles. The summed E-state index contributed by atoms with van der Waals surface area (Å²) in [4.78, 5) is 0. The molecule has 1 N–H and O–H groups in total. The van der Waals surface area contributed by atoms with Crippen LogP contribution in [0, 0.1) is 5.92 Å². The average molecular weight is 279 g/mol. The summed E-state index contributed by atoms with van der Waals surface area (Å²) in [5.74, 6) is 1.19. The molecule has 0 fully saturated rings. The van der Waals surface area contributed by atoms with Gasteiger partial charge in [-0.05, 0) is 54.0 Å². The van der Waals surface area contributed by atoms with Gasteiger partial charge in [-0.15, -0.1) is 0 Å². The van der Waals surface area contributed by atoms with E-state index in [0.29, 0.717) is 11.8 Å². The van der Waals surface area contributed by atoms with Crippen molar-refractivity contribution in [1.82, 2.24) is 0 Å². The third kappa shape index (κ3) is 3.29. The summed E-state index contributed by atoms with van der Waals surface area (Å²) in [6.45, 7) is 5.62. The Morgan fingerprint density at radius 2 is 1.71 bits per heavy atom. The number of benzene rings is 2. The van der Waals surface area contributed by atoms with E-state index >= 15 is 0 Å². The van der Waals surface area contributed by atoms with Gasteiger partial charge in [0, 0.05) is 18.2 Å². The van der Waals surface area contributed by atoms with Gasteiger partial charge in [-0.1, -0.05) is 50.2 Å². The molecule has 1 aliphatic carbocycles. The Labute approximate surface area is 128 Å². The lowest BCUT2D eigenvalue weighted by Gasteiger charge is -2.22. The van der Waals surface area contributed by atoms with Crippen molar-refractivity contribution in [2.24, 2.45) is 5.92 Å². The Balaban J connectivity index is 1.70. The second-order valence-electron chi connectivity index (χ2n) is 6.48. The second-order valence-corrected chi connectivity index (χ2v) is 6.48. The molecule has 0 saturated carbocycles. The minimum absolute atomic E-state index is 0.555. The maximum absolute atomic E-state index is 3.65. The molecule has 0 radical (unpaired) electrons. The van der Waals surface area contributed by atoms with Crippen molar-refractivity contribution >= 4 is 5.69 Å². The van der Waals surface area contributed by atoms with E-state index in [9.17, 15) is 0 Å². The highest BCUT2D eigenvalue weighted by Crippen LogP contribution is 2.27. The van der Waals surface area contributed by atoms with Crippen LogP contribution in [0.25, 0.3) is 0 Å². The molecule has 1 nitrogen and oxygen atoms in total. The van der Waals surface area contributed by atoms with Gasteiger partial charge < -0.3 is 5.32 Å². The van der Waals surface area contributed by atoms with Crippen LogP contribution in [-0.4, -0.2) is 6.54 Å². The summed E-state index contributed by atoms with van der Waals surface area (Å²) in [7, 11) is 0. The van der Waals surface area contributed by atoms with Crippen molar-refractivity contribution in [3.63, 3.8) is 0 Å². The van der Waals surface area contributed by atoms with Crippen LogP contribution in [-0.2, 0) is 12.8 Å². The number of anilines is 1. The lowest BCUT2D eigenvalue weighted by Crippen LogP contribution is -2.17. The van der Waals surface area contributed by atoms with E-state index in [1.165, 1.54) is 30.5 Å². The zero-order valence-corrected chi connectivity index (χ0v) is 13.1. The van der Waals surface area contributed by atoms with E-state index < -0.39 is 0 Å². The Morgan fingerprint density at radius 3 is 2.48 bits per heavy atom. The molecule has 2 aromatic carbocycles. The number of hydrogen-bond acceptors (Lipinski definition) is 1. The Morgan fingerprint density at radius 1 is 0.952 bits per heavy atom. The minimum Gasteiger partial charge on any atom is -0.384 e. The lowest BCUT2D eigenvalue weighted by molar-refractivity contribution is 0.517. The third-order valence-electron chi connectivity index (χ3n) is 4.66. The molecule has 0 heterocycles. The largest absolute Gasteiger partial charge is 0.384 e. The topological polar surface area (TPSA) is 12.0 Å². The zero-order chi connectivity index (χ0) is 14.7. The minimum atomic E-state index is 0.555. The van der Waals surface area contributed by atoms with Crippen LogP contribution in [0.4, 0.5) is 5.69 Å². The fraction of sp³-hybridized carbons (Fsp3) is 0.400. The van der Waals surface area contributed by atoms with Crippen molar-refractivity contribution in [2.45, 2.75) is 39.0 Å². The summed E-state index contributed by atoms with van der Waals surface area (Å²) < 4.78 is 0. The SMILES string of the molecule is CC(C)C(CNc1ccc2c(c1)CCC2)c1ccccc1. The van der Waals surface area contributed by atoms with E-state index in [-0.39, 0.29) is 0 Å². The van der Waals surface area contributed by atoms with E-state index in [1.54, 1.807) is 11.1 Å². The monoisotopic (exact) mass is 279 g/mol. The maximum Gasteiger partial charge on any atom is 0.0343 e. The first-order valence-corrected chi connectivity index (χ1v) is 8.14. The molecule has 2 aromatic rings. The van der Waals surface area contributed by atoms with Crippen molar-refractivity contribution in [1.29, 1.82) is 0 Å². The molecule has 1 atom stereocenters. The van der Waals surface area contributed by atoms with Crippen molar-refractivity contribution in [3.05, 3.63) is 65.2 Å². The predicted octanol–water partition coefficient (Wildman–Crippen LogP) is 5.03. The van der Waals surface area contributed by atoms with E-state index in [2.05, 4.69) is 67.7 Å². The molecule has 110 valence electrons. The fourth-order valence-corrected chi connectivity index (χ4v) is 3.35. The highest BCUT2D eigenvalue weighted by atomic mass is 14.9. The summed E-state index contributed by atoms with van der Waals surface area (Å²) >= 11 is 0. The van der Waals surface area contributed by atoms with E-state index in [1.807, 2.05) is 0 Å². The summed E-state index contributed by atoms with van der Waals surface area (Å²) in [5, 5.41) is 3.65. The summed E-state index contributed by atoms with van der Waals surface area (Å²) in [6, 6.07) is 17.8. The van der Waals surface area contributed by atoms with Crippen LogP contribution in [0.15, 0.2) is 48.5 Å². The molecule has 0 amide bonds. The number of nitrogens with one attached hydrogen (secondary N) is 1. The van der Waals surface area contributed by atoms with Gasteiger partial charge in [0.1, 0.15) is 0 Å². The van der Waals surface area contributed by atoms with Crippen molar-refractivity contribution < 1.29 is 0 Å². The van der Waals surface area contributed by atoms with E-state index in [0.717, 1.165) is 6.54 Å². The number of rotatable bonds is 5. The molecule has 1 aliphatic rings. The van der Waals surface area contributed by atoms with Crippen molar-refractivity contribution in [3.8, 4) is 0 Å². The van der Waals surface area contributed by atoms with Gasteiger partial charge in [0.25, 0.3) is 0 Å². The van der Waals surface area contributed by atoms with Gasteiger partial charge in [0.15, 0.2) is 0 Å². The Kier molecular flexibility index (Phi) is 4.28. The number of fused-ring (bicyclic) bond motifs is 1. The summed E-state index contributed by atoms with van der Waals surface area (Å²) in [6.07, 6.45) is 3.82. The summed E-state index contributed by atoms with van der Waals surface area (Å²) in [5.41, 5.74) is 5.79. The maximum atomic E-state index is 3.65. The van der Waals surface area contributed by atoms with Crippen LogP contribution in [0.1, 0.15) is 42.9 Å². The first kappa shape index (κ1) is 14.2. The number of aryl methyl sites for hydroxylation is 2. The molecule has 0 bridgehead atoms. The van der Waals surface area contributed by atoms with Gasteiger partial charge in [0.2, 0.25) is 0 Å². The van der Waals surface area contributed by atoms with Crippen LogP contribution in [0.5, 0.6) is 0 Å². The quantitative estimate of drug-likeness (QED) is 0.809. The molecule has 0 aromatic heterocycles. The van der Waals surface area contributed by atoms with Crippen molar-refractivity contribution in [2.75, 3.05) is 11.9 Å². The molecule has 0 spiro atoms. The van der Waals surface area contributed by atoms with Gasteiger partial charge in [-0.2, -0.15) is 0 Å². The zero-order valence-electron chi connectivity index (χ0n) is 13.1. The van der Waals surface area contributed by atoms with Gasteiger partial charge in [-0.25, -0.2) is 0 Å². The highest BCUT2D eigenvalue weighted by Gasteiger charge is 2.16. The smallest absolute Gasteiger partial charge is 0.0343 e. The molecule has 1 unspecified atom stereocenters. The molecule has 0 aliphatic heterocycles. The normalized spacial score (nSPS) is 15.0. The standard InChI is InChI=1S/C20H25N/c1-15(2)20(17-7-4-3-5-8-17)14-21-19-12-11-16-9-6-10-18(16)13-19/h3-5,7-8,11-13,15,20-21H,6,9-10,14H2,1-2H3. The van der Waals surface area contributed by atoms with Crippen LogP contribution < -0.4 is 5.32 Å². The Hall–Kier alpha value is -1.76. The molecular formula is C20H25N. The second kappa shape index (κ2) is 6.34. The first-order chi connectivity index (χ1) is 10.2. The molecular weight excluding hydrogens is 254 g/mol. The average Bonchev–Trinajstić information content (AvgIpc) is 2.96. The lowest BCUT2D eigenvalue weighted by atomic mass is 9.88. The van der Waals surface area contributed by atoms with Gasteiger partial charge in [0.05, 0.1) is 0 Å². The first-order valence-electron chi connectivity index (χ1n) is 8.14. The highest BCUT2D eigenvalue weighted by molar-refractivity contribution is 5.50. The van der Waals surface area contributed by atoms with Crippen LogP contribution in [0.2, 0.25) is 0 Å². The van der Waals surface area contributed by atoms with Crippen LogP contribution >= 0.6 is 0 Å². The van der Waals surface area contributed by atoms with Crippen LogP contribution in [0.3, 0.4) is 0 Å². The van der Waals surface area contributed by atoms with E-state index in [4.69, 9.17) is 0 Å². The molecule has 1 heteroatoms. The predicted molar refractivity (Wildman–Crippen MR) is 91.0 cm³/mol.